The Kier molecular flexibility index (Phi) is 12.3. The number of nitrogens with two attached hydrogens (primary N) is 1. The van der Waals surface area contributed by atoms with Crippen molar-refractivity contribution < 1.29 is 48.0 Å². The highest BCUT2D eigenvalue weighted by molar-refractivity contribution is 5.79. The lowest BCUT2D eigenvalue weighted by Gasteiger charge is -2.28. The summed E-state index contributed by atoms with van der Waals surface area (Å²) in [6.07, 6.45) is -3.09. The molecule has 0 aliphatic carbocycles. The fraction of sp³-hybridized carbons (Fsp3) is 0.615. The number of aliphatic carboxylic acids is 1. The Bertz CT molecular complexity index is 945. The van der Waals surface area contributed by atoms with Crippen molar-refractivity contribution in [1.82, 2.24) is 0 Å². The number of carboxylic acids is 1. The number of hydrogen-bond donors (Lipinski definition) is 2. The second-order valence-corrected chi connectivity index (χ2v) is 9.68. The Labute approximate surface area is 217 Å². The highest BCUT2D eigenvalue weighted by Gasteiger charge is 2.37. The first-order valence-electron chi connectivity index (χ1n) is 12.3. The van der Waals surface area contributed by atoms with Gasteiger partial charge in [-0.05, 0) is 58.2 Å². The summed E-state index contributed by atoms with van der Waals surface area (Å²) in [6, 6.07) is 4.12. The lowest BCUT2D eigenvalue weighted by Crippen LogP contribution is -2.52. The standard InChI is InChI=1S/C26H39NO10/c1-8-17(6)11-22(28)35-18(7)13-26(27,23(29)30)14-19-9-10-20(36-24(31)33-15(2)3)21(12-19)37-25(32)34-16(4)5/h9-10,12,15-18H,8,11,13-14,27H2,1-7H3,(H,29,30)/t17?,18-,26?/m0/s1. The van der Waals surface area contributed by atoms with E-state index in [1.54, 1.807) is 34.6 Å². The molecule has 2 unspecified atom stereocenters. The van der Waals surface area contributed by atoms with Crippen LogP contribution in [0.3, 0.4) is 0 Å². The first-order valence-corrected chi connectivity index (χ1v) is 12.3. The number of carbonyl (C=O) groups is 4. The predicted molar refractivity (Wildman–Crippen MR) is 133 cm³/mol. The van der Waals surface area contributed by atoms with E-state index in [1.165, 1.54) is 18.2 Å². The molecule has 11 nitrogen and oxygen atoms in total. The van der Waals surface area contributed by atoms with Crippen molar-refractivity contribution in [3.63, 3.8) is 0 Å². The third-order valence-corrected chi connectivity index (χ3v) is 5.20. The molecule has 0 aromatic heterocycles. The predicted octanol–water partition coefficient (Wildman–Crippen LogP) is 4.62. The summed E-state index contributed by atoms with van der Waals surface area (Å²) in [4.78, 5) is 48.3. The van der Waals surface area contributed by atoms with E-state index in [0.29, 0.717) is 5.56 Å². The maximum Gasteiger partial charge on any atom is 0.514 e. The molecule has 0 bridgehead atoms. The average molecular weight is 526 g/mol. The molecule has 0 saturated heterocycles. The zero-order valence-electron chi connectivity index (χ0n) is 22.6. The highest BCUT2D eigenvalue weighted by atomic mass is 16.7. The van der Waals surface area contributed by atoms with Gasteiger partial charge in [-0.1, -0.05) is 26.3 Å². The van der Waals surface area contributed by atoms with E-state index < -0.39 is 48.1 Å². The maximum absolute atomic E-state index is 12.1. The first-order chi connectivity index (χ1) is 17.1. The van der Waals surface area contributed by atoms with Gasteiger partial charge in [-0.2, -0.15) is 0 Å². The SMILES string of the molecule is CCC(C)CC(=O)O[C@@H](C)CC(N)(Cc1ccc(OC(=O)OC(C)C)c(OC(=O)OC(C)C)c1)C(=O)O. The van der Waals surface area contributed by atoms with Crippen molar-refractivity contribution in [2.75, 3.05) is 0 Å². The summed E-state index contributed by atoms with van der Waals surface area (Å²) in [5.74, 6) is -1.92. The Morgan fingerprint density at radius 1 is 0.892 bits per heavy atom. The smallest absolute Gasteiger partial charge is 0.480 e. The molecule has 0 heterocycles. The molecule has 1 rings (SSSR count). The lowest BCUT2D eigenvalue weighted by atomic mass is 9.86. The summed E-state index contributed by atoms with van der Waals surface area (Å²) in [6.45, 7) is 12.0. The number of carbonyl (C=O) groups excluding carboxylic acids is 3. The third-order valence-electron chi connectivity index (χ3n) is 5.20. The van der Waals surface area contributed by atoms with Crippen LogP contribution in [0.15, 0.2) is 18.2 Å². The first kappa shape index (κ1) is 31.7. The van der Waals surface area contributed by atoms with Crippen molar-refractivity contribution in [3.05, 3.63) is 23.8 Å². The Balaban J connectivity index is 3.15. The maximum atomic E-state index is 12.1. The molecule has 0 aliphatic heterocycles. The molecule has 0 spiro atoms. The molecule has 0 aliphatic rings. The molecule has 0 radical (unpaired) electrons. The fourth-order valence-corrected chi connectivity index (χ4v) is 3.29. The van der Waals surface area contributed by atoms with Gasteiger partial charge in [-0.25, -0.2) is 9.59 Å². The highest BCUT2D eigenvalue weighted by Crippen LogP contribution is 2.31. The minimum atomic E-state index is -1.81. The van der Waals surface area contributed by atoms with E-state index >= 15 is 0 Å². The number of esters is 1. The van der Waals surface area contributed by atoms with Crippen LogP contribution < -0.4 is 15.2 Å². The summed E-state index contributed by atoms with van der Waals surface area (Å²) < 4.78 is 25.7. The van der Waals surface area contributed by atoms with Gasteiger partial charge >= 0.3 is 24.2 Å². The number of ether oxygens (including phenoxy) is 5. The van der Waals surface area contributed by atoms with E-state index in [9.17, 15) is 24.3 Å². The topological polar surface area (TPSA) is 161 Å². The molecule has 3 atom stereocenters. The van der Waals surface area contributed by atoms with Gasteiger partial charge in [0, 0.05) is 19.3 Å². The fourth-order valence-electron chi connectivity index (χ4n) is 3.29. The zero-order chi connectivity index (χ0) is 28.3. The Hall–Kier alpha value is -3.34. The number of rotatable bonds is 13. The molecule has 11 heteroatoms. The van der Waals surface area contributed by atoms with Crippen LogP contribution in [0.2, 0.25) is 0 Å². The van der Waals surface area contributed by atoms with Gasteiger partial charge in [-0.3, -0.25) is 9.59 Å². The van der Waals surface area contributed by atoms with Gasteiger partial charge in [-0.15, -0.1) is 0 Å². The summed E-state index contributed by atoms with van der Waals surface area (Å²) >= 11 is 0. The van der Waals surface area contributed by atoms with Crippen LogP contribution in [-0.4, -0.2) is 53.2 Å². The van der Waals surface area contributed by atoms with Gasteiger partial charge in [0.2, 0.25) is 0 Å². The molecular weight excluding hydrogens is 486 g/mol. The van der Waals surface area contributed by atoms with Crippen LogP contribution in [0.5, 0.6) is 11.5 Å². The van der Waals surface area contributed by atoms with E-state index in [2.05, 4.69) is 0 Å². The lowest BCUT2D eigenvalue weighted by molar-refractivity contribution is -0.154. The second kappa shape index (κ2) is 14.4. The van der Waals surface area contributed by atoms with Gasteiger partial charge in [0.25, 0.3) is 0 Å². The van der Waals surface area contributed by atoms with E-state index in [1.807, 2.05) is 13.8 Å². The molecule has 0 saturated carbocycles. The van der Waals surface area contributed by atoms with E-state index in [4.69, 9.17) is 29.4 Å². The third kappa shape index (κ3) is 11.5. The Morgan fingerprint density at radius 3 is 1.92 bits per heavy atom. The number of hydrogen-bond acceptors (Lipinski definition) is 10. The van der Waals surface area contributed by atoms with Crippen LogP contribution >= 0.6 is 0 Å². The van der Waals surface area contributed by atoms with Crippen molar-refractivity contribution in [3.8, 4) is 11.5 Å². The van der Waals surface area contributed by atoms with Crippen LogP contribution in [0.1, 0.15) is 73.3 Å². The van der Waals surface area contributed by atoms with Crippen LogP contribution in [-0.2, 0) is 30.2 Å². The van der Waals surface area contributed by atoms with E-state index in [-0.39, 0.29) is 36.7 Å². The van der Waals surface area contributed by atoms with Gasteiger partial charge < -0.3 is 34.5 Å². The molecule has 0 amide bonds. The summed E-state index contributed by atoms with van der Waals surface area (Å²) in [5, 5.41) is 9.87. The van der Waals surface area contributed by atoms with Crippen LogP contribution in [0.25, 0.3) is 0 Å². The van der Waals surface area contributed by atoms with Gasteiger partial charge in [0.05, 0.1) is 12.2 Å². The van der Waals surface area contributed by atoms with Crippen molar-refractivity contribution in [2.24, 2.45) is 11.7 Å². The molecule has 1 aromatic carbocycles. The molecule has 0 fully saturated rings. The van der Waals surface area contributed by atoms with Crippen LogP contribution in [0.4, 0.5) is 9.59 Å². The average Bonchev–Trinajstić information content (AvgIpc) is 2.73. The quantitative estimate of drug-likeness (QED) is 0.210. The molecule has 37 heavy (non-hydrogen) atoms. The van der Waals surface area contributed by atoms with Crippen LogP contribution in [0, 0.1) is 5.92 Å². The summed E-state index contributed by atoms with van der Waals surface area (Å²) in [5.41, 5.74) is 4.79. The Morgan fingerprint density at radius 2 is 1.43 bits per heavy atom. The van der Waals surface area contributed by atoms with Gasteiger partial charge in [0.15, 0.2) is 11.5 Å². The summed E-state index contributed by atoms with van der Waals surface area (Å²) in [7, 11) is 0. The molecular formula is C26H39NO10. The second-order valence-electron chi connectivity index (χ2n) is 9.68. The normalized spacial score (nSPS) is 14.3. The van der Waals surface area contributed by atoms with Crippen molar-refractivity contribution in [1.29, 1.82) is 0 Å². The molecule has 3 N–H and O–H groups in total. The molecule has 1 aromatic rings. The van der Waals surface area contributed by atoms with E-state index in [0.717, 1.165) is 6.42 Å². The minimum absolute atomic E-state index is 0.139. The largest absolute Gasteiger partial charge is 0.514 e. The number of benzene rings is 1. The zero-order valence-corrected chi connectivity index (χ0v) is 22.6. The van der Waals surface area contributed by atoms with Gasteiger partial charge in [0.1, 0.15) is 11.6 Å². The molecule has 208 valence electrons. The number of carboxylic acid groups (broad SMARTS) is 1. The minimum Gasteiger partial charge on any atom is -0.480 e. The monoisotopic (exact) mass is 525 g/mol. The van der Waals surface area contributed by atoms with Crippen molar-refractivity contribution in [2.45, 2.75) is 98.0 Å². The van der Waals surface area contributed by atoms with Crippen molar-refractivity contribution >= 4 is 24.2 Å².